The van der Waals surface area contributed by atoms with Crippen molar-refractivity contribution in [2.45, 2.75) is 57.3 Å². The normalized spacial score (nSPS) is 14.7. The number of amides is 4. The molecule has 0 aliphatic rings. The van der Waals surface area contributed by atoms with Crippen molar-refractivity contribution in [3.05, 3.63) is 0 Å². The topological polar surface area (TPSA) is 231 Å². The lowest BCUT2D eigenvalue weighted by molar-refractivity contribution is -0.142. The van der Waals surface area contributed by atoms with E-state index < -0.39 is 66.2 Å². The fraction of sp³-hybridized carbons (Fsp3) is 0.600. The minimum Gasteiger partial charge on any atom is -0.481 e. The average molecular weight is 403 g/mol. The van der Waals surface area contributed by atoms with Crippen molar-refractivity contribution in [1.29, 1.82) is 0 Å². The second kappa shape index (κ2) is 11.5. The summed E-state index contributed by atoms with van der Waals surface area (Å²) in [6, 6.07) is -5.06. The number of carbonyl (C=O) groups excluding carboxylic acids is 4. The lowest BCUT2D eigenvalue weighted by Crippen LogP contribution is -2.56. The molecule has 0 radical (unpaired) electrons. The zero-order valence-electron chi connectivity index (χ0n) is 15.4. The molecule has 0 rings (SSSR count). The monoisotopic (exact) mass is 403 g/mol. The Morgan fingerprint density at radius 1 is 0.857 bits per heavy atom. The van der Waals surface area contributed by atoms with Crippen LogP contribution in [0.2, 0.25) is 0 Å². The van der Waals surface area contributed by atoms with Gasteiger partial charge in [-0.2, -0.15) is 0 Å². The first-order valence-electron chi connectivity index (χ1n) is 8.24. The van der Waals surface area contributed by atoms with Gasteiger partial charge < -0.3 is 37.6 Å². The molecule has 0 aliphatic carbocycles. The fourth-order valence-electron chi connectivity index (χ4n) is 1.88. The maximum absolute atomic E-state index is 12.3. The summed E-state index contributed by atoms with van der Waals surface area (Å²) in [6.07, 6.45) is -1.17. The van der Waals surface area contributed by atoms with Crippen LogP contribution in [0.25, 0.3) is 0 Å². The third kappa shape index (κ3) is 9.47. The van der Waals surface area contributed by atoms with E-state index >= 15 is 0 Å². The Morgan fingerprint density at radius 2 is 1.39 bits per heavy atom. The van der Waals surface area contributed by atoms with Gasteiger partial charge in [-0.15, -0.1) is 0 Å². The summed E-state index contributed by atoms with van der Waals surface area (Å²) < 4.78 is 0. The van der Waals surface area contributed by atoms with Crippen molar-refractivity contribution in [3.8, 4) is 0 Å². The Labute approximate surface area is 160 Å². The van der Waals surface area contributed by atoms with Gasteiger partial charge in [-0.25, -0.2) is 0 Å². The molecule has 0 fully saturated rings. The van der Waals surface area contributed by atoms with Crippen LogP contribution < -0.4 is 27.4 Å². The van der Waals surface area contributed by atoms with Gasteiger partial charge in [0.25, 0.3) is 0 Å². The first kappa shape index (κ1) is 24.8. The number of hydrogen-bond acceptors (Lipinski definition) is 7. The molecule has 0 saturated carbocycles. The van der Waals surface area contributed by atoms with Crippen molar-refractivity contribution in [1.82, 2.24) is 16.0 Å². The van der Waals surface area contributed by atoms with Crippen LogP contribution in [-0.4, -0.2) is 69.9 Å². The number of primary amides is 1. The van der Waals surface area contributed by atoms with E-state index in [-0.39, 0.29) is 12.8 Å². The van der Waals surface area contributed by atoms with E-state index in [0.717, 1.165) is 0 Å². The van der Waals surface area contributed by atoms with Crippen LogP contribution >= 0.6 is 0 Å². The van der Waals surface area contributed by atoms with Gasteiger partial charge in [-0.3, -0.25) is 28.8 Å². The van der Waals surface area contributed by atoms with Gasteiger partial charge in [0.05, 0.1) is 12.5 Å². The summed E-state index contributed by atoms with van der Waals surface area (Å²) in [4.78, 5) is 68.5. The van der Waals surface area contributed by atoms with Gasteiger partial charge in [-0.1, -0.05) is 0 Å². The summed E-state index contributed by atoms with van der Waals surface area (Å²) >= 11 is 0. The third-order valence-electron chi connectivity index (χ3n) is 3.53. The molecule has 0 aromatic rings. The summed E-state index contributed by atoms with van der Waals surface area (Å²) in [6.45, 7) is 2.49. The maximum Gasteiger partial charge on any atom is 0.325 e. The molecule has 0 spiro atoms. The molecule has 0 aromatic carbocycles. The third-order valence-corrected chi connectivity index (χ3v) is 3.53. The zero-order valence-corrected chi connectivity index (χ0v) is 15.4. The van der Waals surface area contributed by atoms with E-state index in [1.54, 1.807) is 0 Å². The van der Waals surface area contributed by atoms with Gasteiger partial charge in [0.2, 0.25) is 23.6 Å². The van der Waals surface area contributed by atoms with E-state index in [9.17, 15) is 28.8 Å². The molecule has 0 aliphatic heterocycles. The minimum absolute atomic E-state index is 0.196. The highest BCUT2D eigenvalue weighted by Gasteiger charge is 2.28. The van der Waals surface area contributed by atoms with Crippen molar-refractivity contribution >= 4 is 35.6 Å². The maximum atomic E-state index is 12.3. The largest absolute Gasteiger partial charge is 0.481 e. The molecule has 9 N–H and O–H groups in total. The number of nitrogens with one attached hydrogen (secondary N) is 3. The van der Waals surface area contributed by atoms with Gasteiger partial charge in [0.1, 0.15) is 18.1 Å². The van der Waals surface area contributed by atoms with Crippen LogP contribution in [0.5, 0.6) is 0 Å². The Bertz CT molecular complexity index is 638. The predicted octanol–water partition coefficient (Wildman–Crippen LogP) is -3.37. The van der Waals surface area contributed by atoms with Crippen molar-refractivity contribution in [3.63, 3.8) is 0 Å². The average Bonchev–Trinajstić information content (AvgIpc) is 2.57. The van der Waals surface area contributed by atoms with Crippen LogP contribution in [0.1, 0.15) is 33.1 Å². The fourth-order valence-corrected chi connectivity index (χ4v) is 1.88. The summed E-state index contributed by atoms with van der Waals surface area (Å²) in [7, 11) is 0. The van der Waals surface area contributed by atoms with E-state index in [4.69, 9.17) is 21.7 Å². The minimum atomic E-state index is -1.45. The highest BCUT2D eigenvalue weighted by atomic mass is 16.4. The van der Waals surface area contributed by atoms with E-state index in [0.29, 0.717) is 0 Å². The quantitative estimate of drug-likeness (QED) is 0.172. The number of aliphatic carboxylic acids is 2. The van der Waals surface area contributed by atoms with Crippen molar-refractivity contribution in [2.75, 3.05) is 0 Å². The highest BCUT2D eigenvalue weighted by molar-refractivity contribution is 5.96. The second-order valence-electron chi connectivity index (χ2n) is 6.07. The molecular weight excluding hydrogens is 378 g/mol. The number of hydrogen-bond donors (Lipinski definition) is 7. The zero-order chi connectivity index (χ0) is 22.0. The number of carbonyl (C=O) groups is 6. The van der Waals surface area contributed by atoms with Crippen molar-refractivity contribution < 1.29 is 39.0 Å². The Hall–Kier alpha value is -3.22. The van der Waals surface area contributed by atoms with Crippen LogP contribution in [0.4, 0.5) is 0 Å². The van der Waals surface area contributed by atoms with Crippen molar-refractivity contribution in [2.24, 2.45) is 11.5 Å². The van der Waals surface area contributed by atoms with E-state index in [1.165, 1.54) is 13.8 Å². The van der Waals surface area contributed by atoms with Gasteiger partial charge in [0, 0.05) is 6.42 Å². The Kier molecular flexibility index (Phi) is 10.2. The smallest absolute Gasteiger partial charge is 0.325 e. The molecule has 4 amide bonds. The summed E-state index contributed by atoms with van der Waals surface area (Å²) in [5.41, 5.74) is 10.6. The standard InChI is InChI=1S/C15H25N5O8/c1-6(12(24)19-7(2)15(27)28)18-14(26)9(5-10(17)21)20-13(25)8(16)3-4-11(22)23/h6-9H,3-5,16H2,1-2H3,(H2,17,21)(H,18,26)(H,19,24)(H,20,25)(H,22,23)(H,27,28). The Morgan fingerprint density at radius 3 is 1.86 bits per heavy atom. The molecule has 158 valence electrons. The summed E-state index contributed by atoms with van der Waals surface area (Å²) in [5.74, 6) is -5.96. The molecule has 0 aromatic heterocycles. The number of carboxylic acid groups (broad SMARTS) is 2. The number of nitrogens with two attached hydrogens (primary N) is 2. The van der Waals surface area contributed by atoms with Gasteiger partial charge >= 0.3 is 11.9 Å². The highest BCUT2D eigenvalue weighted by Crippen LogP contribution is 1.99. The Balaban J connectivity index is 4.95. The second-order valence-corrected chi connectivity index (χ2v) is 6.07. The predicted molar refractivity (Wildman–Crippen MR) is 93.4 cm³/mol. The molecule has 28 heavy (non-hydrogen) atoms. The van der Waals surface area contributed by atoms with E-state index in [2.05, 4.69) is 16.0 Å². The lowest BCUT2D eigenvalue weighted by atomic mass is 10.1. The number of rotatable bonds is 12. The lowest BCUT2D eigenvalue weighted by Gasteiger charge is -2.22. The first-order valence-corrected chi connectivity index (χ1v) is 8.24. The molecular formula is C15H25N5O8. The molecule has 13 nitrogen and oxygen atoms in total. The molecule has 4 atom stereocenters. The van der Waals surface area contributed by atoms with Crippen LogP contribution in [-0.2, 0) is 28.8 Å². The summed E-state index contributed by atoms with van der Waals surface area (Å²) in [5, 5.41) is 23.9. The molecule has 0 heterocycles. The first-order chi connectivity index (χ1) is 12.8. The molecule has 4 unspecified atom stereocenters. The van der Waals surface area contributed by atoms with Crippen LogP contribution in [0.3, 0.4) is 0 Å². The van der Waals surface area contributed by atoms with Crippen LogP contribution in [0.15, 0.2) is 0 Å². The SMILES string of the molecule is CC(NC(=O)C(C)NC(=O)C(CC(N)=O)NC(=O)C(N)CCC(=O)O)C(=O)O. The van der Waals surface area contributed by atoms with E-state index in [1.807, 2.05) is 0 Å². The molecule has 13 heteroatoms. The van der Waals surface area contributed by atoms with Crippen LogP contribution in [0, 0.1) is 0 Å². The van der Waals surface area contributed by atoms with Gasteiger partial charge in [0.15, 0.2) is 0 Å². The van der Waals surface area contributed by atoms with Gasteiger partial charge in [-0.05, 0) is 20.3 Å². The molecule has 0 bridgehead atoms. The number of carboxylic acids is 2. The molecule has 0 saturated heterocycles.